The molecule has 8 aromatic rings. The Morgan fingerprint density at radius 3 is 1.51 bits per heavy atom. The van der Waals surface area contributed by atoms with Crippen molar-refractivity contribution in [3.8, 4) is 45.2 Å². The molecule has 2 aromatic heterocycles. The molecule has 0 aliphatic rings. The van der Waals surface area contributed by atoms with Crippen molar-refractivity contribution in [2.45, 2.75) is 0 Å². The summed E-state index contributed by atoms with van der Waals surface area (Å²) >= 11 is 0. The van der Waals surface area contributed by atoms with Gasteiger partial charge in [-0.2, -0.15) is 0 Å². The van der Waals surface area contributed by atoms with Gasteiger partial charge in [-0.1, -0.05) is 103 Å². The molecule has 0 saturated carbocycles. The molecule has 0 aliphatic carbocycles. The fourth-order valence-corrected chi connectivity index (χ4v) is 5.86. The second-order valence-electron chi connectivity index (χ2n) is 10.1. The van der Waals surface area contributed by atoms with Gasteiger partial charge >= 0.3 is 0 Å². The molecular formula is C37H23N3O. The van der Waals surface area contributed by atoms with Crippen LogP contribution in [0, 0.1) is 0 Å². The average Bonchev–Trinajstić information content (AvgIpc) is 3.55. The van der Waals surface area contributed by atoms with Gasteiger partial charge in [-0.05, 0) is 67.9 Å². The summed E-state index contributed by atoms with van der Waals surface area (Å²) in [7, 11) is 0. The summed E-state index contributed by atoms with van der Waals surface area (Å²) in [5.41, 5.74) is 6.47. The maximum atomic E-state index is 6.01. The van der Waals surface area contributed by atoms with E-state index in [0.717, 1.165) is 27.6 Å². The maximum Gasteiger partial charge on any atom is 0.248 e. The van der Waals surface area contributed by atoms with Crippen molar-refractivity contribution in [2.75, 3.05) is 0 Å². The highest BCUT2D eigenvalue weighted by molar-refractivity contribution is 6.23. The van der Waals surface area contributed by atoms with Crippen LogP contribution in [-0.2, 0) is 0 Å². The number of pyridine rings is 1. The van der Waals surface area contributed by atoms with Crippen molar-refractivity contribution in [3.05, 3.63) is 140 Å². The summed E-state index contributed by atoms with van der Waals surface area (Å²) in [6.07, 6.45) is 3.93. The van der Waals surface area contributed by atoms with E-state index in [1.54, 1.807) is 0 Å². The van der Waals surface area contributed by atoms with Crippen LogP contribution < -0.4 is 0 Å². The molecule has 0 atom stereocenters. The Bertz CT molecular complexity index is 2140. The highest BCUT2D eigenvalue weighted by atomic mass is 16.4. The van der Waals surface area contributed by atoms with Crippen LogP contribution in [0.4, 0.5) is 0 Å². The summed E-state index contributed by atoms with van der Waals surface area (Å²) in [6, 6.07) is 44.1. The van der Waals surface area contributed by atoms with Gasteiger partial charge in [0, 0.05) is 34.5 Å². The number of benzene rings is 6. The van der Waals surface area contributed by atoms with Crippen LogP contribution in [0.5, 0.6) is 0 Å². The zero-order chi connectivity index (χ0) is 27.2. The van der Waals surface area contributed by atoms with Gasteiger partial charge in [0.05, 0.1) is 0 Å². The van der Waals surface area contributed by atoms with Crippen LogP contribution in [0.15, 0.2) is 144 Å². The van der Waals surface area contributed by atoms with Crippen LogP contribution in [0.25, 0.3) is 77.5 Å². The zero-order valence-corrected chi connectivity index (χ0v) is 22.0. The first-order valence-electron chi connectivity index (χ1n) is 13.6. The predicted molar refractivity (Wildman–Crippen MR) is 166 cm³/mol. The minimum Gasteiger partial charge on any atom is -0.416 e. The van der Waals surface area contributed by atoms with E-state index in [2.05, 4.69) is 112 Å². The van der Waals surface area contributed by atoms with Gasteiger partial charge in [0.2, 0.25) is 11.8 Å². The third-order valence-corrected chi connectivity index (χ3v) is 7.74. The van der Waals surface area contributed by atoms with Gasteiger partial charge in [-0.15, -0.1) is 10.2 Å². The second-order valence-corrected chi connectivity index (χ2v) is 10.1. The molecular weight excluding hydrogens is 502 g/mol. The van der Waals surface area contributed by atoms with E-state index in [9.17, 15) is 0 Å². The molecule has 0 saturated heterocycles. The maximum absolute atomic E-state index is 6.01. The molecule has 2 heterocycles. The Morgan fingerprint density at radius 1 is 0.390 bits per heavy atom. The standard InChI is InChI=1S/C37H23N3O/c1-2-10-25(11-3-1)36-39-40-37(41-36)26-20-18-24(19-21-26)34-29-14-6-8-16-31(29)35(32-17-9-7-15-30(32)34)33-23-38-22-27-12-4-5-13-28(27)33/h1-23H. The van der Waals surface area contributed by atoms with Gasteiger partial charge < -0.3 is 4.42 Å². The van der Waals surface area contributed by atoms with Crippen molar-refractivity contribution in [1.82, 2.24) is 15.2 Å². The normalized spacial score (nSPS) is 11.4. The van der Waals surface area contributed by atoms with Crippen molar-refractivity contribution in [1.29, 1.82) is 0 Å². The average molecular weight is 526 g/mol. The van der Waals surface area contributed by atoms with E-state index in [1.807, 2.05) is 42.7 Å². The van der Waals surface area contributed by atoms with Gasteiger partial charge in [0.25, 0.3) is 0 Å². The fourth-order valence-electron chi connectivity index (χ4n) is 5.86. The molecule has 8 rings (SSSR count). The van der Waals surface area contributed by atoms with E-state index in [0.29, 0.717) is 11.8 Å². The molecule has 41 heavy (non-hydrogen) atoms. The smallest absolute Gasteiger partial charge is 0.248 e. The topological polar surface area (TPSA) is 51.8 Å². The molecule has 0 N–H and O–H groups in total. The largest absolute Gasteiger partial charge is 0.416 e. The predicted octanol–water partition coefficient (Wildman–Crippen LogP) is 9.59. The van der Waals surface area contributed by atoms with Gasteiger partial charge in [-0.3, -0.25) is 4.98 Å². The zero-order valence-electron chi connectivity index (χ0n) is 22.0. The number of aromatic nitrogens is 3. The molecule has 0 spiro atoms. The first-order valence-corrected chi connectivity index (χ1v) is 13.6. The minimum absolute atomic E-state index is 0.504. The molecule has 192 valence electrons. The van der Waals surface area contributed by atoms with E-state index >= 15 is 0 Å². The molecule has 0 bridgehead atoms. The Hall–Kier alpha value is -5.61. The van der Waals surface area contributed by atoms with Crippen LogP contribution in [-0.4, -0.2) is 15.2 Å². The van der Waals surface area contributed by atoms with E-state index in [4.69, 9.17) is 4.42 Å². The monoisotopic (exact) mass is 525 g/mol. The molecule has 6 aromatic carbocycles. The molecule has 0 amide bonds. The van der Waals surface area contributed by atoms with E-state index in [-0.39, 0.29) is 0 Å². The first-order chi connectivity index (χ1) is 20.3. The van der Waals surface area contributed by atoms with Crippen molar-refractivity contribution in [3.63, 3.8) is 0 Å². The number of hydrogen-bond donors (Lipinski definition) is 0. The summed E-state index contributed by atoms with van der Waals surface area (Å²) in [5.74, 6) is 1.02. The van der Waals surface area contributed by atoms with E-state index < -0.39 is 0 Å². The van der Waals surface area contributed by atoms with Gasteiger partial charge in [0.1, 0.15) is 0 Å². The van der Waals surface area contributed by atoms with Crippen LogP contribution in [0.3, 0.4) is 0 Å². The van der Waals surface area contributed by atoms with Gasteiger partial charge in [0.15, 0.2) is 0 Å². The third-order valence-electron chi connectivity index (χ3n) is 7.74. The Balaban J connectivity index is 1.31. The lowest BCUT2D eigenvalue weighted by Crippen LogP contribution is -1.92. The third kappa shape index (κ3) is 3.88. The summed E-state index contributed by atoms with van der Waals surface area (Å²) < 4.78 is 6.01. The fraction of sp³-hybridized carbons (Fsp3) is 0. The van der Waals surface area contributed by atoms with Crippen molar-refractivity contribution >= 4 is 32.3 Å². The second kappa shape index (κ2) is 9.54. The lowest BCUT2D eigenvalue weighted by molar-refractivity contribution is 0.584. The van der Waals surface area contributed by atoms with Crippen LogP contribution >= 0.6 is 0 Å². The molecule has 0 aliphatic heterocycles. The van der Waals surface area contributed by atoms with Crippen molar-refractivity contribution < 1.29 is 4.42 Å². The number of fused-ring (bicyclic) bond motifs is 3. The van der Waals surface area contributed by atoms with E-state index in [1.165, 1.54) is 38.1 Å². The highest BCUT2D eigenvalue weighted by Gasteiger charge is 2.18. The minimum atomic E-state index is 0.504. The molecule has 4 nitrogen and oxygen atoms in total. The molecule has 0 unspecified atom stereocenters. The summed E-state index contributed by atoms with van der Waals surface area (Å²) in [5, 5.41) is 15.7. The molecule has 0 fully saturated rings. The molecule has 4 heteroatoms. The Morgan fingerprint density at radius 2 is 0.878 bits per heavy atom. The first kappa shape index (κ1) is 23.3. The highest BCUT2D eigenvalue weighted by Crippen LogP contribution is 2.45. The number of hydrogen-bond acceptors (Lipinski definition) is 4. The lowest BCUT2D eigenvalue weighted by Gasteiger charge is -2.18. The van der Waals surface area contributed by atoms with Crippen LogP contribution in [0.1, 0.15) is 0 Å². The number of rotatable bonds is 4. The van der Waals surface area contributed by atoms with Gasteiger partial charge in [-0.25, -0.2) is 0 Å². The quantitative estimate of drug-likeness (QED) is 0.215. The van der Waals surface area contributed by atoms with Crippen LogP contribution in [0.2, 0.25) is 0 Å². The Kier molecular flexibility index (Phi) is 5.42. The van der Waals surface area contributed by atoms with Crippen molar-refractivity contribution in [2.24, 2.45) is 0 Å². The SMILES string of the molecule is c1ccc(-c2nnc(-c3ccc(-c4c5ccccc5c(-c5cncc6ccccc56)c5ccccc45)cc3)o2)cc1. The Labute approximate surface area is 236 Å². The summed E-state index contributed by atoms with van der Waals surface area (Å²) in [6.45, 7) is 0. The lowest BCUT2D eigenvalue weighted by atomic mass is 9.85. The molecule has 0 radical (unpaired) electrons. The number of nitrogens with zero attached hydrogens (tertiary/aromatic N) is 3. The summed E-state index contributed by atoms with van der Waals surface area (Å²) in [4.78, 5) is 4.62.